The second-order valence-electron chi connectivity index (χ2n) is 5.01. The maximum absolute atomic E-state index is 11.8. The zero-order valence-corrected chi connectivity index (χ0v) is 13.0. The lowest BCUT2D eigenvalue weighted by Gasteiger charge is -2.09. The Labute approximate surface area is 129 Å². The van der Waals surface area contributed by atoms with Crippen LogP contribution in [0.2, 0.25) is 0 Å². The largest absolute Gasteiger partial charge is 0.494 e. The lowest BCUT2D eigenvalue weighted by atomic mass is 10.3. The van der Waals surface area contributed by atoms with Gasteiger partial charge in [0, 0.05) is 11.7 Å². The number of carbonyl (C=O) groups is 1. The second-order valence-corrected chi connectivity index (χ2v) is 5.01. The average molecular weight is 300 g/mol. The van der Waals surface area contributed by atoms with Crippen molar-refractivity contribution in [3.63, 3.8) is 0 Å². The molecule has 0 saturated carbocycles. The Morgan fingerprint density at radius 3 is 2.41 bits per heavy atom. The van der Waals surface area contributed by atoms with Gasteiger partial charge in [-0.2, -0.15) is 0 Å². The summed E-state index contributed by atoms with van der Waals surface area (Å²) in [6, 6.07) is 11.0. The van der Waals surface area contributed by atoms with Crippen LogP contribution in [0.15, 0.2) is 36.4 Å². The molecule has 6 heteroatoms. The van der Waals surface area contributed by atoms with E-state index >= 15 is 0 Å². The number of hydrogen-bond donors (Lipinski definition) is 2. The summed E-state index contributed by atoms with van der Waals surface area (Å²) in [5, 5.41) is 13.8. The van der Waals surface area contributed by atoms with E-state index in [9.17, 15) is 4.79 Å². The first-order chi connectivity index (χ1) is 10.6. The molecule has 2 rings (SSSR count). The van der Waals surface area contributed by atoms with Crippen LogP contribution in [0.3, 0.4) is 0 Å². The number of benzene rings is 1. The van der Waals surface area contributed by atoms with Gasteiger partial charge in [0.15, 0.2) is 11.5 Å². The summed E-state index contributed by atoms with van der Waals surface area (Å²) < 4.78 is 5.38. The summed E-state index contributed by atoms with van der Waals surface area (Å²) >= 11 is 0. The summed E-state index contributed by atoms with van der Waals surface area (Å²) in [5.74, 6) is 1.17. The lowest BCUT2D eigenvalue weighted by molar-refractivity contribution is 0.0937. The van der Waals surface area contributed by atoms with E-state index in [-0.39, 0.29) is 11.9 Å². The molecule has 6 nitrogen and oxygen atoms in total. The van der Waals surface area contributed by atoms with Crippen LogP contribution in [0.25, 0.3) is 0 Å². The highest BCUT2D eigenvalue weighted by atomic mass is 16.5. The summed E-state index contributed by atoms with van der Waals surface area (Å²) in [6.07, 6.45) is 0. The molecule has 2 aromatic rings. The monoisotopic (exact) mass is 300 g/mol. The molecule has 22 heavy (non-hydrogen) atoms. The first-order valence-electron chi connectivity index (χ1n) is 7.23. The van der Waals surface area contributed by atoms with Crippen LogP contribution in [-0.4, -0.2) is 28.8 Å². The van der Waals surface area contributed by atoms with Crippen LogP contribution in [0, 0.1) is 0 Å². The highest BCUT2D eigenvalue weighted by Gasteiger charge is 2.09. The smallest absolute Gasteiger partial charge is 0.271 e. The Kier molecular flexibility index (Phi) is 5.30. The van der Waals surface area contributed by atoms with E-state index < -0.39 is 0 Å². The fourth-order valence-corrected chi connectivity index (χ4v) is 1.81. The summed E-state index contributed by atoms with van der Waals surface area (Å²) in [7, 11) is 0. The Bertz CT molecular complexity index is 609. The zero-order chi connectivity index (χ0) is 15.9. The first kappa shape index (κ1) is 15.8. The standard InChI is InChI=1S/C16H20N4O2/c1-4-22-13-7-5-12(6-8-13)18-15-10-9-14(19-20-15)16(21)17-11(2)3/h5-11H,4H2,1-3H3,(H,17,21)(H,18,20). The van der Waals surface area contributed by atoms with Gasteiger partial charge in [0.25, 0.3) is 5.91 Å². The van der Waals surface area contributed by atoms with E-state index in [1.807, 2.05) is 45.0 Å². The Hall–Kier alpha value is -2.63. The van der Waals surface area contributed by atoms with Crippen molar-refractivity contribution in [1.82, 2.24) is 15.5 Å². The van der Waals surface area contributed by atoms with Gasteiger partial charge >= 0.3 is 0 Å². The fourth-order valence-electron chi connectivity index (χ4n) is 1.81. The van der Waals surface area contributed by atoms with Crippen molar-refractivity contribution in [1.29, 1.82) is 0 Å². The van der Waals surface area contributed by atoms with Gasteiger partial charge in [0.05, 0.1) is 6.61 Å². The number of amides is 1. The van der Waals surface area contributed by atoms with Gasteiger partial charge in [-0.1, -0.05) is 0 Å². The quantitative estimate of drug-likeness (QED) is 0.858. The van der Waals surface area contributed by atoms with Crippen LogP contribution in [0.1, 0.15) is 31.3 Å². The predicted octanol–water partition coefficient (Wildman–Crippen LogP) is 2.76. The van der Waals surface area contributed by atoms with Gasteiger partial charge in [0.2, 0.25) is 0 Å². The Morgan fingerprint density at radius 1 is 1.14 bits per heavy atom. The van der Waals surface area contributed by atoms with Crippen molar-refractivity contribution in [3.8, 4) is 5.75 Å². The number of carbonyl (C=O) groups excluding carboxylic acids is 1. The van der Waals surface area contributed by atoms with E-state index in [1.54, 1.807) is 12.1 Å². The van der Waals surface area contributed by atoms with Gasteiger partial charge < -0.3 is 15.4 Å². The van der Waals surface area contributed by atoms with Crippen molar-refractivity contribution in [2.75, 3.05) is 11.9 Å². The number of nitrogens with one attached hydrogen (secondary N) is 2. The van der Waals surface area contributed by atoms with Crippen LogP contribution < -0.4 is 15.4 Å². The normalized spacial score (nSPS) is 10.4. The molecule has 0 unspecified atom stereocenters. The molecule has 0 aliphatic heterocycles. The van der Waals surface area contributed by atoms with E-state index in [0.717, 1.165) is 11.4 Å². The van der Waals surface area contributed by atoms with E-state index in [2.05, 4.69) is 20.8 Å². The summed E-state index contributed by atoms with van der Waals surface area (Å²) in [4.78, 5) is 11.8. The molecule has 0 atom stereocenters. The third-order valence-electron chi connectivity index (χ3n) is 2.75. The molecule has 0 fully saturated rings. The van der Waals surface area contributed by atoms with Crippen molar-refractivity contribution in [2.24, 2.45) is 0 Å². The number of aromatic nitrogens is 2. The van der Waals surface area contributed by atoms with Gasteiger partial charge in [-0.05, 0) is 57.2 Å². The van der Waals surface area contributed by atoms with E-state index in [1.165, 1.54) is 0 Å². The molecule has 1 amide bonds. The molecule has 1 aromatic heterocycles. The molecular formula is C16H20N4O2. The topological polar surface area (TPSA) is 76.1 Å². The Balaban J connectivity index is 2.00. The van der Waals surface area contributed by atoms with Crippen molar-refractivity contribution >= 4 is 17.4 Å². The third-order valence-corrected chi connectivity index (χ3v) is 2.75. The molecule has 1 aromatic carbocycles. The number of ether oxygens (including phenoxy) is 1. The van der Waals surface area contributed by atoms with Crippen LogP contribution >= 0.6 is 0 Å². The van der Waals surface area contributed by atoms with E-state index in [0.29, 0.717) is 18.1 Å². The molecule has 0 radical (unpaired) electrons. The van der Waals surface area contributed by atoms with Crippen LogP contribution in [-0.2, 0) is 0 Å². The SMILES string of the molecule is CCOc1ccc(Nc2ccc(C(=O)NC(C)C)nn2)cc1. The van der Waals surface area contributed by atoms with Gasteiger partial charge in [-0.3, -0.25) is 4.79 Å². The molecule has 0 bridgehead atoms. The van der Waals surface area contributed by atoms with Crippen LogP contribution in [0.5, 0.6) is 5.75 Å². The number of hydrogen-bond acceptors (Lipinski definition) is 5. The lowest BCUT2D eigenvalue weighted by Crippen LogP contribution is -2.30. The van der Waals surface area contributed by atoms with Crippen LogP contribution in [0.4, 0.5) is 11.5 Å². The average Bonchev–Trinajstić information content (AvgIpc) is 2.49. The maximum Gasteiger partial charge on any atom is 0.271 e. The summed E-state index contributed by atoms with van der Waals surface area (Å²) in [5.41, 5.74) is 1.17. The molecule has 0 aliphatic carbocycles. The molecule has 0 aliphatic rings. The minimum Gasteiger partial charge on any atom is -0.494 e. The maximum atomic E-state index is 11.8. The summed E-state index contributed by atoms with van der Waals surface area (Å²) in [6.45, 7) is 6.37. The van der Waals surface area contributed by atoms with E-state index in [4.69, 9.17) is 4.74 Å². The number of nitrogens with zero attached hydrogens (tertiary/aromatic N) is 2. The molecule has 2 N–H and O–H groups in total. The molecule has 0 saturated heterocycles. The Morgan fingerprint density at radius 2 is 1.86 bits per heavy atom. The zero-order valence-electron chi connectivity index (χ0n) is 13.0. The first-order valence-corrected chi connectivity index (χ1v) is 7.23. The number of rotatable bonds is 6. The second kappa shape index (κ2) is 7.40. The minimum absolute atomic E-state index is 0.0657. The minimum atomic E-state index is -0.227. The van der Waals surface area contributed by atoms with Crippen molar-refractivity contribution < 1.29 is 9.53 Å². The third kappa shape index (κ3) is 4.44. The number of anilines is 2. The molecular weight excluding hydrogens is 280 g/mol. The highest BCUT2D eigenvalue weighted by molar-refractivity contribution is 5.92. The van der Waals surface area contributed by atoms with Crippen molar-refractivity contribution in [2.45, 2.75) is 26.8 Å². The van der Waals surface area contributed by atoms with Gasteiger partial charge in [-0.25, -0.2) is 0 Å². The molecule has 1 heterocycles. The predicted molar refractivity (Wildman–Crippen MR) is 85.5 cm³/mol. The van der Waals surface area contributed by atoms with Gasteiger partial charge in [0.1, 0.15) is 5.75 Å². The fraction of sp³-hybridized carbons (Fsp3) is 0.312. The highest BCUT2D eigenvalue weighted by Crippen LogP contribution is 2.18. The molecule has 116 valence electrons. The molecule has 0 spiro atoms. The van der Waals surface area contributed by atoms with Gasteiger partial charge in [-0.15, -0.1) is 10.2 Å². The van der Waals surface area contributed by atoms with Crippen molar-refractivity contribution in [3.05, 3.63) is 42.1 Å².